The number of fused-ring (bicyclic) bond motifs is 2. The van der Waals surface area contributed by atoms with Crippen molar-refractivity contribution in [2.75, 3.05) is 25.0 Å². The number of nitrogens with zero attached hydrogens (tertiary/aromatic N) is 4. The molecule has 1 saturated carbocycles. The van der Waals surface area contributed by atoms with Crippen molar-refractivity contribution in [1.82, 2.24) is 25.2 Å². The van der Waals surface area contributed by atoms with Gasteiger partial charge in [0.25, 0.3) is 0 Å². The highest BCUT2D eigenvalue weighted by Crippen LogP contribution is 2.47. The lowest BCUT2D eigenvalue weighted by Gasteiger charge is -2.41. The van der Waals surface area contributed by atoms with Crippen LogP contribution in [0, 0.1) is 5.82 Å². The van der Waals surface area contributed by atoms with Crippen LogP contribution < -0.4 is 10.6 Å². The number of benzene rings is 1. The van der Waals surface area contributed by atoms with Crippen molar-refractivity contribution in [1.29, 1.82) is 0 Å². The Morgan fingerprint density at radius 2 is 1.97 bits per heavy atom. The molecule has 2 aliphatic heterocycles. The van der Waals surface area contributed by atoms with Gasteiger partial charge in [-0.3, -0.25) is 9.88 Å². The molecule has 0 radical (unpaired) electrons. The zero-order valence-corrected chi connectivity index (χ0v) is 20.1. The summed E-state index contributed by atoms with van der Waals surface area (Å²) in [7, 11) is 0. The van der Waals surface area contributed by atoms with E-state index < -0.39 is 0 Å². The summed E-state index contributed by atoms with van der Waals surface area (Å²) in [6.07, 6.45) is 8.09. The molecule has 3 aliphatic rings. The van der Waals surface area contributed by atoms with Crippen molar-refractivity contribution in [3.63, 3.8) is 0 Å². The van der Waals surface area contributed by atoms with Gasteiger partial charge in [-0.2, -0.15) is 0 Å². The Morgan fingerprint density at radius 3 is 2.81 bits per heavy atom. The lowest BCUT2D eigenvalue weighted by Crippen LogP contribution is -2.51. The van der Waals surface area contributed by atoms with Gasteiger partial charge >= 0.3 is 0 Å². The van der Waals surface area contributed by atoms with E-state index in [0.29, 0.717) is 28.9 Å². The molecule has 0 amide bonds. The van der Waals surface area contributed by atoms with Crippen LogP contribution >= 0.6 is 0 Å². The van der Waals surface area contributed by atoms with Gasteiger partial charge in [-0.05, 0) is 55.5 Å². The molecular formula is C28H28FN7. The van der Waals surface area contributed by atoms with Crippen molar-refractivity contribution < 1.29 is 4.39 Å². The zero-order chi connectivity index (χ0) is 24.2. The third kappa shape index (κ3) is 3.60. The second kappa shape index (κ2) is 8.50. The number of amidine groups is 1. The van der Waals surface area contributed by atoms with Gasteiger partial charge in [-0.25, -0.2) is 14.4 Å². The zero-order valence-electron chi connectivity index (χ0n) is 20.1. The molecule has 3 aromatic heterocycles. The topological polar surface area (TPSA) is 81.2 Å². The molecule has 2 fully saturated rings. The Bertz CT molecular complexity index is 1490. The Morgan fingerprint density at radius 1 is 1.08 bits per heavy atom. The molecule has 1 unspecified atom stereocenters. The number of nitrogens with one attached hydrogen (secondary N) is 3. The van der Waals surface area contributed by atoms with Crippen molar-refractivity contribution in [3.05, 3.63) is 77.5 Å². The van der Waals surface area contributed by atoms with Crippen LogP contribution in [0.4, 0.5) is 10.1 Å². The average Bonchev–Trinajstić information content (AvgIpc) is 3.66. The minimum Gasteiger partial charge on any atom is -0.339 e. The van der Waals surface area contributed by atoms with Gasteiger partial charge < -0.3 is 15.6 Å². The van der Waals surface area contributed by atoms with Crippen LogP contribution in [0.25, 0.3) is 22.3 Å². The molecule has 36 heavy (non-hydrogen) atoms. The standard InChI is InChI=1S/C28H28FN7/c1-16-13-30-10-11-36(16)28-25-21(17-6-7-17)14-31-15-24(25)34-27(35-28)18-8-9-32-26-20(18)12-23(33-26)19-4-2-3-5-22(19)29/h2-5,8-9,12,14-17,28,30H,6-7,10-11,13H2,1H3,(H,32,33)(H,34,35)/t16-,28?/m0/s1. The first-order chi connectivity index (χ1) is 17.7. The second-order valence-corrected chi connectivity index (χ2v) is 10.0. The lowest BCUT2D eigenvalue weighted by atomic mass is 9.97. The third-order valence-electron chi connectivity index (χ3n) is 7.62. The highest BCUT2D eigenvalue weighted by atomic mass is 19.1. The van der Waals surface area contributed by atoms with Crippen molar-refractivity contribution in [2.24, 2.45) is 4.99 Å². The van der Waals surface area contributed by atoms with E-state index in [1.165, 1.54) is 30.0 Å². The fourth-order valence-corrected chi connectivity index (χ4v) is 5.60. The summed E-state index contributed by atoms with van der Waals surface area (Å²) in [5.41, 5.74) is 6.47. The summed E-state index contributed by atoms with van der Waals surface area (Å²) in [4.78, 5) is 20.3. The number of anilines is 1. The number of piperazine rings is 1. The number of hydrogen-bond donors (Lipinski definition) is 3. The third-order valence-corrected chi connectivity index (χ3v) is 7.62. The Hall–Kier alpha value is -3.62. The first-order valence-corrected chi connectivity index (χ1v) is 12.7. The van der Waals surface area contributed by atoms with Crippen LogP contribution in [-0.4, -0.2) is 51.4 Å². The largest absolute Gasteiger partial charge is 0.339 e. The summed E-state index contributed by atoms with van der Waals surface area (Å²) in [5.74, 6) is 1.10. The minimum atomic E-state index is -0.265. The van der Waals surface area contributed by atoms with Gasteiger partial charge in [0, 0.05) is 60.1 Å². The number of pyridine rings is 2. The maximum Gasteiger partial charge on any atom is 0.138 e. The molecule has 5 heterocycles. The van der Waals surface area contributed by atoms with Crippen molar-refractivity contribution >= 4 is 22.6 Å². The molecule has 2 atom stereocenters. The van der Waals surface area contributed by atoms with Crippen LogP contribution in [-0.2, 0) is 0 Å². The van der Waals surface area contributed by atoms with E-state index in [1.807, 2.05) is 30.6 Å². The van der Waals surface area contributed by atoms with E-state index in [1.54, 1.807) is 18.3 Å². The summed E-state index contributed by atoms with van der Waals surface area (Å²) >= 11 is 0. The molecule has 1 aromatic carbocycles. The minimum absolute atomic E-state index is 0.0832. The van der Waals surface area contributed by atoms with Gasteiger partial charge in [0.05, 0.1) is 17.6 Å². The molecule has 7 nitrogen and oxygen atoms in total. The quantitative estimate of drug-likeness (QED) is 0.390. The summed E-state index contributed by atoms with van der Waals surface area (Å²) in [6, 6.07) is 11.1. The summed E-state index contributed by atoms with van der Waals surface area (Å²) < 4.78 is 14.5. The molecule has 0 bridgehead atoms. The summed E-state index contributed by atoms with van der Waals surface area (Å²) in [6.45, 7) is 5.08. The first kappa shape index (κ1) is 21.6. The predicted octanol–water partition coefficient (Wildman–Crippen LogP) is 4.81. The number of aromatic nitrogens is 3. The van der Waals surface area contributed by atoms with Crippen LogP contribution in [0.1, 0.15) is 48.5 Å². The number of aromatic amines is 1. The fraction of sp³-hybridized carbons (Fsp3) is 0.321. The average molecular weight is 482 g/mol. The van der Waals surface area contributed by atoms with Gasteiger partial charge in [0.2, 0.25) is 0 Å². The van der Waals surface area contributed by atoms with Crippen LogP contribution in [0.3, 0.4) is 0 Å². The number of aliphatic imine (C=N–C) groups is 1. The Labute approximate surface area is 208 Å². The van der Waals surface area contributed by atoms with E-state index in [-0.39, 0.29) is 12.0 Å². The molecule has 3 N–H and O–H groups in total. The molecule has 1 aliphatic carbocycles. The number of hydrogen-bond acceptors (Lipinski definition) is 6. The molecule has 7 rings (SSSR count). The van der Waals surface area contributed by atoms with E-state index in [0.717, 1.165) is 42.1 Å². The maximum absolute atomic E-state index is 14.5. The molecular weight excluding hydrogens is 453 g/mol. The Kier molecular flexibility index (Phi) is 5.11. The SMILES string of the molecule is C[C@H]1CNCCN1C1N=C(c2ccnc3[nH]c(-c4ccccc4F)cc23)Nc2cncc(C3CC3)c21. The highest BCUT2D eigenvalue weighted by molar-refractivity contribution is 6.16. The van der Waals surface area contributed by atoms with E-state index in [4.69, 9.17) is 4.99 Å². The number of halogens is 1. The van der Waals surface area contributed by atoms with Gasteiger partial charge in [0.15, 0.2) is 0 Å². The lowest BCUT2D eigenvalue weighted by molar-refractivity contribution is 0.120. The van der Waals surface area contributed by atoms with Gasteiger partial charge in [0.1, 0.15) is 23.5 Å². The molecule has 182 valence electrons. The molecule has 0 spiro atoms. The van der Waals surface area contributed by atoms with Crippen LogP contribution in [0.15, 0.2) is 60.0 Å². The monoisotopic (exact) mass is 481 g/mol. The Balaban J connectivity index is 1.37. The number of H-pyrrole nitrogens is 1. The normalized spacial score (nSPS) is 22.2. The summed E-state index contributed by atoms with van der Waals surface area (Å²) in [5, 5.41) is 8.01. The van der Waals surface area contributed by atoms with Crippen molar-refractivity contribution in [3.8, 4) is 11.3 Å². The number of rotatable bonds is 4. The molecule has 4 aromatic rings. The smallest absolute Gasteiger partial charge is 0.138 e. The first-order valence-electron chi connectivity index (χ1n) is 12.7. The van der Waals surface area contributed by atoms with Gasteiger partial charge in [-0.15, -0.1) is 0 Å². The second-order valence-electron chi connectivity index (χ2n) is 10.0. The predicted molar refractivity (Wildman–Crippen MR) is 140 cm³/mol. The van der Waals surface area contributed by atoms with Crippen LogP contribution in [0.2, 0.25) is 0 Å². The fourth-order valence-electron chi connectivity index (χ4n) is 5.60. The van der Waals surface area contributed by atoms with Gasteiger partial charge in [-0.1, -0.05) is 12.1 Å². The van der Waals surface area contributed by atoms with Crippen LogP contribution in [0.5, 0.6) is 0 Å². The maximum atomic E-state index is 14.5. The molecule has 1 saturated heterocycles. The van der Waals surface area contributed by atoms with Crippen molar-refractivity contribution in [2.45, 2.75) is 37.9 Å². The highest BCUT2D eigenvalue weighted by Gasteiger charge is 2.37. The molecule has 8 heteroatoms. The van der Waals surface area contributed by atoms with E-state index in [2.05, 4.69) is 37.4 Å². The van der Waals surface area contributed by atoms with E-state index >= 15 is 0 Å². The van der Waals surface area contributed by atoms with E-state index in [9.17, 15) is 4.39 Å².